The van der Waals surface area contributed by atoms with Gasteiger partial charge in [-0.3, -0.25) is 29.5 Å². The van der Waals surface area contributed by atoms with Crippen molar-refractivity contribution in [3.8, 4) is 0 Å². The number of carbonyl (C=O) groups excluding carboxylic acids is 1. The van der Waals surface area contributed by atoms with Crippen LogP contribution in [0.3, 0.4) is 0 Å². The number of aliphatic hydroxyl groups excluding tert-OH is 1. The lowest BCUT2D eigenvalue weighted by Gasteiger charge is -2.38. The van der Waals surface area contributed by atoms with Gasteiger partial charge in [-0.25, -0.2) is 0 Å². The van der Waals surface area contributed by atoms with Gasteiger partial charge in [-0.1, -0.05) is 26.7 Å². The molecular formula is C28H47N3O7. The van der Waals surface area contributed by atoms with Gasteiger partial charge >= 0.3 is 11.9 Å². The summed E-state index contributed by atoms with van der Waals surface area (Å²) >= 11 is 0. The van der Waals surface area contributed by atoms with Gasteiger partial charge < -0.3 is 14.9 Å². The van der Waals surface area contributed by atoms with Crippen molar-refractivity contribution in [3.63, 3.8) is 0 Å². The average Bonchev–Trinajstić information content (AvgIpc) is 2.96. The first kappa shape index (κ1) is 33.5. The number of carboxylic acid groups (broad SMARTS) is 1. The number of carboxylic acids is 1. The number of benzene rings is 1. The van der Waals surface area contributed by atoms with Gasteiger partial charge in [0.05, 0.1) is 4.92 Å². The number of hydrogen-bond acceptors (Lipinski definition) is 8. The number of aliphatic hydroxyl groups is 1. The second kappa shape index (κ2) is 17.9. The Hall–Kier alpha value is -2.56. The van der Waals surface area contributed by atoms with Gasteiger partial charge in [0.15, 0.2) is 0 Å². The summed E-state index contributed by atoms with van der Waals surface area (Å²) < 4.78 is 5.44. The van der Waals surface area contributed by atoms with Crippen molar-refractivity contribution in [2.75, 3.05) is 20.2 Å². The van der Waals surface area contributed by atoms with Crippen molar-refractivity contribution in [1.29, 1.82) is 0 Å². The van der Waals surface area contributed by atoms with Crippen LogP contribution in [0.4, 0.5) is 5.69 Å². The van der Waals surface area contributed by atoms with Crippen LogP contribution in [0.15, 0.2) is 24.3 Å². The minimum atomic E-state index is -0.653. The van der Waals surface area contributed by atoms with Crippen LogP contribution in [0.25, 0.3) is 0 Å². The summed E-state index contributed by atoms with van der Waals surface area (Å²) in [6.45, 7) is 10.5. The molecule has 216 valence electrons. The minimum absolute atomic E-state index is 0.0373. The van der Waals surface area contributed by atoms with Crippen LogP contribution in [0.1, 0.15) is 84.6 Å². The number of piperidine rings is 2. The van der Waals surface area contributed by atoms with E-state index in [1.807, 2.05) is 0 Å². The van der Waals surface area contributed by atoms with Gasteiger partial charge in [-0.2, -0.15) is 0 Å². The maximum Gasteiger partial charge on any atom is 0.323 e. The number of nitrogens with zero attached hydrogens (tertiary/aromatic N) is 3. The smallest absolute Gasteiger partial charge is 0.323 e. The summed E-state index contributed by atoms with van der Waals surface area (Å²) in [6.07, 6.45) is 8.07. The van der Waals surface area contributed by atoms with E-state index >= 15 is 0 Å². The van der Waals surface area contributed by atoms with Gasteiger partial charge in [0.1, 0.15) is 18.7 Å². The van der Waals surface area contributed by atoms with E-state index in [-0.39, 0.29) is 30.3 Å². The van der Waals surface area contributed by atoms with Crippen LogP contribution >= 0.6 is 0 Å². The van der Waals surface area contributed by atoms with Crippen molar-refractivity contribution < 1.29 is 29.5 Å². The Morgan fingerprint density at radius 1 is 0.947 bits per heavy atom. The van der Waals surface area contributed by atoms with Crippen molar-refractivity contribution in [3.05, 3.63) is 39.9 Å². The summed E-state index contributed by atoms with van der Waals surface area (Å²) in [7, 11) is 1.00. The number of nitro benzene ring substituents is 1. The molecule has 2 N–H and O–H groups in total. The minimum Gasteiger partial charge on any atom is -0.480 e. The molecule has 2 fully saturated rings. The number of ether oxygens (including phenoxy) is 1. The number of non-ortho nitro benzene ring substituents is 1. The fourth-order valence-corrected chi connectivity index (χ4v) is 4.91. The Balaban J connectivity index is 0.000000408. The van der Waals surface area contributed by atoms with Crippen LogP contribution < -0.4 is 0 Å². The molecule has 2 aliphatic heterocycles. The average molecular weight is 538 g/mol. The van der Waals surface area contributed by atoms with Crippen LogP contribution in [-0.2, 0) is 20.9 Å². The zero-order chi connectivity index (χ0) is 28.7. The molecule has 2 saturated heterocycles. The molecule has 0 spiro atoms. The second-order valence-corrected chi connectivity index (χ2v) is 9.88. The SMILES string of the molecule is CCC(C)N1CCCC[C@@H]1C(=O)O.CCC(C)N1CCCC[C@@H]1C(=O)OCc1ccc([N+](=O)[O-])cc1.CO. The third-order valence-electron chi connectivity index (χ3n) is 7.49. The normalized spacial score (nSPS) is 21.5. The molecule has 0 aromatic heterocycles. The van der Waals surface area contributed by atoms with Gasteiger partial charge in [-0.15, -0.1) is 0 Å². The highest BCUT2D eigenvalue weighted by Crippen LogP contribution is 2.23. The lowest BCUT2D eigenvalue weighted by molar-refractivity contribution is -0.384. The quantitative estimate of drug-likeness (QED) is 0.263. The van der Waals surface area contributed by atoms with E-state index in [0.717, 1.165) is 77.1 Å². The highest BCUT2D eigenvalue weighted by molar-refractivity contribution is 5.76. The molecule has 2 unspecified atom stereocenters. The monoisotopic (exact) mass is 537 g/mol. The topological polar surface area (TPSA) is 133 Å². The molecule has 4 atom stereocenters. The lowest BCUT2D eigenvalue weighted by atomic mass is 9.99. The Morgan fingerprint density at radius 3 is 1.87 bits per heavy atom. The van der Waals surface area contributed by atoms with Crippen LogP contribution in [0.5, 0.6) is 0 Å². The second-order valence-electron chi connectivity index (χ2n) is 9.88. The van der Waals surface area contributed by atoms with Gasteiger partial charge in [-0.05, 0) is 83.2 Å². The number of nitro groups is 1. The molecule has 3 rings (SSSR count). The van der Waals surface area contributed by atoms with E-state index < -0.39 is 10.9 Å². The Kier molecular flexibility index (Phi) is 15.7. The number of carbonyl (C=O) groups is 2. The molecule has 0 amide bonds. The number of rotatable bonds is 9. The van der Waals surface area contributed by atoms with Gasteiger partial charge in [0.2, 0.25) is 0 Å². The largest absolute Gasteiger partial charge is 0.480 e. The summed E-state index contributed by atoms with van der Waals surface area (Å²) in [5, 5.41) is 26.6. The van der Waals surface area contributed by atoms with Gasteiger partial charge in [0.25, 0.3) is 5.69 Å². The van der Waals surface area contributed by atoms with Gasteiger partial charge in [0, 0.05) is 31.3 Å². The first-order chi connectivity index (χ1) is 18.2. The van der Waals surface area contributed by atoms with E-state index in [9.17, 15) is 19.7 Å². The highest BCUT2D eigenvalue weighted by atomic mass is 16.6. The molecule has 38 heavy (non-hydrogen) atoms. The molecule has 0 aliphatic carbocycles. The predicted molar refractivity (Wildman–Crippen MR) is 147 cm³/mol. The molecule has 2 heterocycles. The maximum absolute atomic E-state index is 12.4. The molecule has 0 radical (unpaired) electrons. The zero-order valence-corrected chi connectivity index (χ0v) is 23.7. The number of esters is 1. The summed E-state index contributed by atoms with van der Waals surface area (Å²) in [6, 6.07) is 6.47. The van der Waals surface area contributed by atoms with E-state index in [2.05, 4.69) is 37.5 Å². The van der Waals surface area contributed by atoms with Crippen molar-refractivity contribution in [2.45, 2.75) is 110 Å². The van der Waals surface area contributed by atoms with Crippen LogP contribution in [0.2, 0.25) is 0 Å². The maximum atomic E-state index is 12.4. The molecule has 10 nitrogen and oxygen atoms in total. The van der Waals surface area contributed by atoms with E-state index in [0.29, 0.717) is 12.1 Å². The van der Waals surface area contributed by atoms with Crippen molar-refractivity contribution in [1.82, 2.24) is 9.80 Å². The van der Waals surface area contributed by atoms with Crippen molar-refractivity contribution >= 4 is 17.6 Å². The molecule has 0 bridgehead atoms. The fraction of sp³-hybridized carbons (Fsp3) is 0.714. The first-order valence-electron chi connectivity index (χ1n) is 13.8. The fourth-order valence-electron chi connectivity index (χ4n) is 4.91. The standard InChI is InChI=1S/C17H24N2O4.C10H19NO2.CH4O/c1-3-13(2)18-11-5-4-6-16(18)17(20)23-12-14-7-9-15(10-8-14)19(21)22;1-3-8(2)11-7-5-4-6-9(11)10(12)13;1-2/h7-10,13,16H,3-6,11-12H2,1-2H3;8-9H,3-7H2,1-2H3,(H,12,13);2H,1H3/t13?,16-;8?,9-;/m11./s1. The molecule has 1 aromatic carbocycles. The third-order valence-corrected chi connectivity index (χ3v) is 7.49. The molecular weight excluding hydrogens is 490 g/mol. The molecule has 0 saturated carbocycles. The zero-order valence-electron chi connectivity index (χ0n) is 23.7. The lowest BCUT2D eigenvalue weighted by Crippen LogP contribution is -2.49. The Labute approximate surface area is 227 Å². The number of hydrogen-bond donors (Lipinski definition) is 2. The van der Waals surface area contributed by atoms with E-state index in [4.69, 9.17) is 14.9 Å². The highest BCUT2D eigenvalue weighted by Gasteiger charge is 2.32. The van der Waals surface area contributed by atoms with Crippen LogP contribution in [0, 0.1) is 10.1 Å². The summed E-state index contributed by atoms with van der Waals surface area (Å²) in [5.74, 6) is -0.844. The molecule has 1 aromatic rings. The summed E-state index contributed by atoms with van der Waals surface area (Å²) in [5.41, 5.74) is 0.796. The molecule has 2 aliphatic rings. The Morgan fingerprint density at radius 2 is 1.42 bits per heavy atom. The number of likely N-dealkylation sites (tertiary alicyclic amines) is 2. The summed E-state index contributed by atoms with van der Waals surface area (Å²) in [4.78, 5) is 37.9. The van der Waals surface area contributed by atoms with E-state index in [1.165, 1.54) is 12.1 Å². The predicted octanol–water partition coefficient (Wildman–Crippen LogP) is 4.62. The van der Waals surface area contributed by atoms with Crippen LogP contribution in [-0.4, -0.2) is 81.2 Å². The van der Waals surface area contributed by atoms with E-state index in [1.54, 1.807) is 12.1 Å². The number of aliphatic carboxylic acids is 1. The van der Waals surface area contributed by atoms with Crippen molar-refractivity contribution in [2.24, 2.45) is 0 Å². The molecule has 10 heteroatoms. The first-order valence-corrected chi connectivity index (χ1v) is 13.8. The Bertz CT molecular complexity index is 849. The third kappa shape index (κ3) is 10.3.